The van der Waals surface area contributed by atoms with Gasteiger partial charge in [0.1, 0.15) is 0 Å². The van der Waals surface area contributed by atoms with Crippen LogP contribution in [0.25, 0.3) is 0 Å². The smallest absolute Gasteiger partial charge is 0.317 e. The Hall–Kier alpha value is -1.50. The molecular weight excluding hydrogens is 286 g/mol. The molecule has 1 N–H and O–H groups in total. The summed E-state index contributed by atoms with van der Waals surface area (Å²) in [5.41, 5.74) is 0. The Labute approximate surface area is 130 Å². The first-order valence-electron chi connectivity index (χ1n) is 7.31. The van der Waals surface area contributed by atoms with E-state index in [1.54, 1.807) is 24.2 Å². The molecule has 1 aliphatic rings. The molecule has 1 aromatic heterocycles. The van der Waals surface area contributed by atoms with Crippen molar-refractivity contribution in [3.63, 3.8) is 0 Å². The van der Waals surface area contributed by atoms with Crippen LogP contribution >= 0.6 is 11.8 Å². The number of urea groups is 1. The van der Waals surface area contributed by atoms with Crippen LogP contribution in [0.3, 0.4) is 0 Å². The molecule has 1 fully saturated rings. The molecule has 1 aliphatic heterocycles. The molecule has 7 heteroatoms. The fraction of sp³-hybridized carbons (Fsp3) is 0.643. The summed E-state index contributed by atoms with van der Waals surface area (Å²) >= 11 is 1.76. The molecule has 6 nitrogen and oxygen atoms in total. The lowest BCUT2D eigenvalue weighted by molar-refractivity contribution is 0.190. The van der Waals surface area contributed by atoms with Crippen LogP contribution in [-0.2, 0) is 0 Å². The highest BCUT2D eigenvalue weighted by Crippen LogP contribution is 2.10. The summed E-state index contributed by atoms with van der Waals surface area (Å²) in [5.74, 6) is 1.70. The highest BCUT2D eigenvalue weighted by atomic mass is 32.2. The normalized spacial score (nSPS) is 16.7. The van der Waals surface area contributed by atoms with Crippen molar-refractivity contribution in [3.8, 4) is 0 Å². The van der Waals surface area contributed by atoms with Crippen molar-refractivity contribution in [2.75, 3.05) is 43.1 Å². The zero-order valence-electron chi connectivity index (χ0n) is 12.7. The number of nitrogens with zero attached hydrogens (tertiary/aromatic N) is 4. The molecule has 2 heterocycles. The van der Waals surface area contributed by atoms with Crippen LogP contribution in [-0.4, -0.2) is 65.1 Å². The van der Waals surface area contributed by atoms with Gasteiger partial charge in [-0.2, -0.15) is 11.8 Å². The maximum Gasteiger partial charge on any atom is 0.317 e. The number of nitrogens with one attached hydrogen (secondary N) is 1. The van der Waals surface area contributed by atoms with E-state index in [2.05, 4.69) is 33.4 Å². The van der Waals surface area contributed by atoms with Gasteiger partial charge >= 0.3 is 6.03 Å². The third-order valence-corrected chi connectivity index (χ3v) is 4.33. The SMILES string of the molecule is CC[C@@H](CSC)NC(=O)N1CCN(c2ncccn2)CC1. The summed E-state index contributed by atoms with van der Waals surface area (Å²) in [7, 11) is 0. The van der Waals surface area contributed by atoms with Crippen LogP contribution < -0.4 is 10.2 Å². The van der Waals surface area contributed by atoms with Crippen LogP contribution in [0.15, 0.2) is 18.5 Å². The fourth-order valence-electron chi connectivity index (χ4n) is 2.29. The Morgan fingerprint density at radius 3 is 2.57 bits per heavy atom. The van der Waals surface area contributed by atoms with Crippen LogP contribution in [0.5, 0.6) is 0 Å². The molecule has 1 aromatic rings. The Morgan fingerprint density at radius 1 is 1.33 bits per heavy atom. The van der Waals surface area contributed by atoms with Gasteiger partial charge in [0.15, 0.2) is 0 Å². The van der Waals surface area contributed by atoms with Gasteiger partial charge in [0.05, 0.1) is 0 Å². The molecule has 21 heavy (non-hydrogen) atoms. The fourth-order valence-corrected chi connectivity index (χ4v) is 3.01. The number of hydrogen-bond donors (Lipinski definition) is 1. The maximum atomic E-state index is 12.2. The predicted molar refractivity (Wildman–Crippen MR) is 86.8 cm³/mol. The van der Waals surface area contributed by atoms with Gasteiger partial charge in [0, 0.05) is 50.4 Å². The summed E-state index contributed by atoms with van der Waals surface area (Å²) in [5, 5.41) is 3.11. The second kappa shape index (κ2) is 8.07. The number of hydrogen-bond acceptors (Lipinski definition) is 5. The van der Waals surface area contributed by atoms with Crippen molar-refractivity contribution in [3.05, 3.63) is 18.5 Å². The van der Waals surface area contributed by atoms with Crippen molar-refractivity contribution in [2.45, 2.75) is 19.4 Å². The average Bonchev–Trinajstić information content (AvgIpc) is 2.55. The Balaban J connectivity index is 1.82. The standard InChI is InChI=1S/C14H23N5OS/c1-3-12(11-21-2)17-14(20)19-9-7-18(8-10-19)13-15-5-4-6-16-13/h4-6,12H,3,7-11H2,1-2H3,(H,17,20)/t12-/m0/s1. The summed E-state index contributed by atoms with van der Waals surface area (Å²) < 4.78 is 0. The summed E-state index contributed by atoms with van der Waals surface area (Å²) in [4.78, 5) is 24.7. The average molecular weight is 309 g/mol. The first-order chi connectivity index (χ1) is 10.2. The highest BCUT2D eigenvalue weighted by Gasteiger charge is 2.23. The monoisotopic (exact) mass is 309 g/mol. The molecule has 116 valence electrons. The van der Waals surface area contributed by atoms with Crippen LogP contribution in [0.1, 0.15) is 13.3 Å². The number of anilines is 1. The van der Waals surface area contributed by atoms with Gasteiger partial charge in [0.25, 0.3) is 0 Å². The lowest BCUT2D eigenvalue weighted by atomic mass is 10.2. The van der Waals surface area contributed by atoms with Crippen molar-refractivity contribution in [1.29, 1.82) is 0 Å². The number of aromatic nitrogens is 2. The van der Waals surface area contributed by atoms with E-state index in [4.69, 9.17) is 0 Å². The van der Waals surface area contributed by atoms with E-state index < -0.39 is 0 Å². The van der Waals surface area contributed by atoms with E-state index >= 15 is 0 Å². The molecule has 1 saturated heterocycles. The first kappa shape index (κ1) is 15.9. The zero-order chi connectivity index (χ0) is 15.1. The number of piperazine rings is 1. The minimum absolute atomic E-state index is 0.0459. The molecule has 0 spiro atoms. The maximum absolute atomic E-state index is 12.2. The van der Waals surface area contributed by atoms with Gasteiger partial charge in [-0.25, -0.2) is 14.8 Å². The third-order valence-electron chi connectivity index (χ3n) is 3.59. The predicted octanol–water partition coefficient (Wildman–Crippen LogP) is 1.45. The van der Waals surface area contributed by atoms with E-state index in [1.807, 2.05) is 11.0 Å². The number of rotatable bonds is 5. The molecule has 0 aliphatic carbocycles. The molecule has 0 radical (unpaired) electrons. The van der Waals surface area contributed by atoms with Gasteiger partial charge in [-0.05, 0) is 18.7 Å². The molecular formula is C14H23N5OS. The summed E-state index contributed by atoms with van der Waals surface area (Å²) in [6.07, 6.45) is 6.52. The molecule has 0 unspecified atom stereocenters. The van der Waals surface area contributed by atoms with E-state index in [0.29, 0.717) is 13.1 Å². The van der Waals surface area contributed by atoms with Crippen LogP contribution in [0.4, 0.5) is 10.7 Å². The molecule has 0 saturated carbocycles. The van der Waals surface area contributed by atoms with Gasteiger partial charge in [-0.1, -0.05) is 6.92 Å². The Kier molecular flexibility index (Phi) is 6.10. The Bertz CT molecular complexity index is 436. The molecule has 2 amide bonds. The summed E-state index contributed by atoms with van der Waals surface area (Å²) in [6, 6.07) is 2.11. The topological polar surface area (TPSA) is 61.4 Å². The van der Waals surface area contributed by atoms with Crippen LogP contribution in [0, 0.1) is 0 Å². The van der Waals surface area contributed by atoms with Gasteiger partial charge in [0.2, 0.25) is 5.95 Å². The van der Waals surface area contributed by atoms with Crippen molar-refractivity contribution in [1.82, 2.24) is 20.2 Å². The number of carbonyl (C=O) groups excluding carboxylic acids is 1. The quantitative estimate of drug-likeness (QED) is 0.892. The van der Waals surface area contributed by atoms with Crippen molar-refractivity contribution < 1.29 is 4.79 Å². The second-order valence-corrected chi connectivity index (χ2v) is 5.94. The van der Waals surface area contributed by atoms with Gasteiger partial charge < -0.3 is 15.1 Å². The largest absolute Gasteiger partial charge is 0.337 e. The molecule has 0 aromatic carbocycles. The van der Waals surface area contributed by atoms with E-state index in [1.165, 1.54) is 0 Å². The zero-order valence-corrected chi connectivity index (χ0v) is 13.5. The summed E-state index contributed by atoms with van der Waals surface area (Å²) in [6.45, 7) is 5.07. The lowest BCUT2D eigenvalue weighted by Gasteiger charge is -2.35. The third kappa shape index (κ3) is 4.49. The number of carbonyl (C=O) groups is 1. The van der Waals surface area contributed by atoms with Crippen molar-refractivity contribution in [2.24, 2.45) is 0 Å². The number of amides is 2. The van der Waals surface area contributed by atoms with Crippen LogP contribution in [0.2, 0.25) is 0 Å². The second-order valence-electron chi connectivity index (χ2n) is 5.03. The van der Waals surface area contributed by atoms with E-state index in [0.717, 1.165) is 31.2 Å². The first-order valence-corrected chi connectivity index (χ1v) is 8.70. The minimum atomic E-state index is 0.0459. The van der Waals surface area contributed by atoms with Gasteiger partial charge in [-0.15, -0.1) is 0 Å². The van der Waals surface area contributed by atoms with E-state index in [-0.39, 0.29) is 12.1 Å². The molecule has 2 rings (SSSR count). The highest BCUT2D eigenvalue weighted by molar-refractivity contribution is 7.98. The number of thioether (sulfide) groups is 1. The Morgan fingerprint density at radius 2 is 2.00 bits per heavy atom. The van der Waals surface area contributed by atoms with Gasteiger partial charge in [-0.3, -0.25) is 0 Å². The molecule has 1 atom stereocenters. The lowest BCUT2D eigenvalue weighted by Crippen LogP contribution is -2.54. The van der Waals surface area contributed by atoms with Crippen molar-refractivity contribution >= 4 is 23.7 Å². The molecule has 0 bridgehead atoms. The van der Waals surface area contributed by atoms with E-state index in [9.17, 15) is 4.79 Å². The minimum Gasteiger partial charge on any atom is -0.337 e.